The lowest BCUT2D eigenvalue weighted by molar-refractivity contribution is -0.0243. The van der Waals surface area contributed by atoms with E-state index >= 15 is 0 Å². The summed E-state index contributed by atoms with van der Waals surface area (Å²) in [5, 5.41) is 0. The fourth-order valence-electron chi connectivity index (χ4n) is 2.58. The standard InChI is InChI=1S/C15H23BO2/c1-2-15(13-7-3-4-8-14(13)16)18-12-6-5-10-17-11-9-12/h3-4,7-8,12,15H,2,5-6,9-11,16H2,1H3. The van der Waals surface area contributed by atoms with Crippen molar-refractivity contribution in [2.24, 2.45) is 0 Å². The SMILES string of the molecule is Bc1ccccc1C(CC)OC1CCCOCC1. The summed E-state index contributed by atoms with van der Waals surface area (Å²) in [6, 6.07) is 8.55. The Morgan fingerprint density at radius 2 is 2.17 bits per heavy atom. The molecule has 1 heterocycles. The zero-order chi connectivity index (χ0) is 12.8. The van der Waals surface area contributed by atoms with Crippen molar-refractivity contribution in [1.29, 1.82) is 0 Å². The largest absolute Gasteiger partial charge is 0.381 e. The number of hydrogen-bond acceptors (Lipinski definition) is 2. The van der Waals surface area contributed by atoms with Gasteiger partial charge in [-0.2, -0.15) is 0 Å². The first-order chi connectivity index (χ1) is 8.81. The molecule has 0 aliphatic carbocycles. The van der Waals surface area contributed by atoms with Crippen molar-refractivity contribution in [1.82, 2.24) is 0 Å². The normalized spacial score (nSPS) is 22.4. The van der Waals surface area contributed by atoms with E-state index in [2.05, 4.69) is 39.0 Å². The van der Waals surface area contributed by atoms with Crippen molar-refractivity contribution < 1.29 is 9.47 Å². The smallest absolute Gasteiger partial charge is 0.139 e. The average molecular weight is 246 g/mol. The molecule has 1 aromatic carbocycles. The molecule has 0 saturated carbocycles. The van der Waals surface area contributed by atoms with E-state index < -0.39 is 0 Å². The van der Waals surface area contributed by atoms with Crippen molar-refractivity contribution in [3.05, 3.63) is 29.8 Å². The number of hydrogen-bond donors (Lipinski definition) is 0. The quantitative estimate of drug-likeness (QED) is 0.756. The topological polar surface area (TPSA) is 18.5 Å². The van der Waals surface area contributed by atoms with E-state index in [4.69, 9.17) is 9.47 Å². The van der Waals surface area contributed by atoms with E-state index in [1.54, 1.807) is 0 Å². The van der Waals surface area contributed by atoms with Gasteiger partial charge in [-0.3, -0.25) is 0 Å². The zero-order valence-electron chi connectivity index (χ0n) is 11.5. The van der Waals surface area contributed by atoms with Crippen LogP contribution in [0, 0.1) is 0 Å². The lowest BCUT2D eigenvalue weighted by atomic mass is 9.87. The van der Waals surface area contributed by atoms with Gasteiger partial charge in [0.15, 0.2) is 0 Å². The fraction of sp³-hybridized carbons (Fsp3) is 0.600. The Bertz CT molecular complexity index is 359. The molecular formula is C15H23BO2. The maximum Gasteiger partial charge on any atom is 0.139 e. The molecule has 1 fully saturated rings. The van der Waals surface area contributed by atoms with Gasteiger partial charge in [0.05, 0.1) is 12.2 Å². The highest BCUT2D eigenvalue weighted by molar-refractivity contribution is 6.33. The molecule has 0 N–H and O–H groups in total. The minimum absolute atomic E-state index is 0.231. The maximum absolute atomic E-state index is 6.31. The molecule has 1 saturated heterocycles. The molecule has 0 amide bonds. The summed E-state index contributed by atoms with van der Waals surface area (Å²) in [6.07, 6.45) is 4.90. The van der Waals surface area contributed by atoms with Gasteiger partial charge >= 0.3 is 0 Å². The highest BCUT2D eigenvalue weighted by atomic mass is 16.5. The highest BCUT2D eigenvalue weighted by Crippen LogP contribution is 2.24. The van der Waals surface area contributed by atoms with Crippen molar-refractivity contribution >= 4 is 13.3 Å². The molecule has 1 aromatic rings. The summed E-state index contributed by atoms with van der Waals surface area (Å²) in [5.41, 5.74) is 2.67. The molecule has 1 aliphatic rings. The third-order valence-electron chi connectivity index (χ3n) is 3.66. The Morgan fingerprint density at radius 3 is 2.94 bits per heavy atom. The molecule has 2 unspecified atom stereocenters. The summed E-state index contributed by atoms with van der Waals surface area (Å²) < 4.78 is 11.8. The van der Waals surface area contributed by atoms with E-state index in [1.165, 1.54) is 11.0 Å². The van der Waals surface area contributed by atoms with E-state index in [-0.39, 0.29) is 6.10 Å². The zero-order valence-corrected chi connectivity index (χ0v) is 11.5. The molecule has 0 radical (unpaired) electrons. The minimum atomic E-state index is 0.231. The van der Waals surface area contributed by atoms with Crippen LogP contribution in [-0.4, -0.2) is 27.2 Å². The van der Waals surface area contributed by atoms with Crippen LogP contribution in [0.4, 0.5) is 0 Å². The second-order valence-electron chi connectivity index (χ2n) is 5.05. The van der Waals surface area contributed by atoms with Crippen LogP contribution in [0.3, 0.4) is 0 Å². The van der Waals surface area contributed by atoms with Crippen LogP contribution >= 0.6 is 0 Å². The molecule has 1 aliphatic heterocycles. The number of rotatable bonds is 4. The number of ether oxygens (including phenoxy) is 2. The molecule has 98 valence electrons. The van der Waals surface area contributed by atoms with Crippen molar-refractivity contribution in [2.75, 3.05) is 13.2 Å². The first-order valence-corrected chi connectivity index (χ1v) is 7.10. The maximum atomic E-state index is 6.31. The Balaban J connectivity index is 2.02. The summed E-state index contributed by atoms with van der Waals surface area (Å²) in [4.78, 5) is 0. The van der Waals surface area contributed by atoms with Crippen LogP contribution in [0.2, 0.25) is 0 Å². The third-order valence-corrected chi connectivity index (χ3v) is 3.66. The summed E-state index contributed by atoms with van der Waals surface area (Å²) >= 11 is 0. The Hall–Kier alpha value is -0.795. The van der Waals surface area contributed by atoms with Crippen molar-refractivity contribution in [3.63, 3.8) is 0 Å². The first-order valence-electron chi connectivity index (χ1n) is 7.10. The van der Waals surface area contributed by atoms with Crippen LogP contribution in [0.1, 0.15) is 44.3 Å². The van der Waals surface area contributed by atoms with Gasteiger partial charge in [-0.25, -0.2) is 0 Å². The van der Waals surface area contributed by atoms with Gasteiger partial charge in [0, 0.05) is 13.2 Å². The molecule has 3 heteroatoms. The second kappa shape index (κ2) is 6.96. The van der Waals surface area contributed by atoms with Crippen LogP contribution in [0.5, 0.6) is 0 Å². The summed E-state index contributed by atoms with van der Waals surface area (Å²) in [5.74, 6) is 0. The highest BCUT2D eigenvalue weighted by Gasteiger charge is 2.19. The van der Waals surface area contributed by atoms with Gasteiger partial charge in [-0.1, -0.05) is 36.7 Å². The fourth-order valence-corrected chi connectivity index (χ4v) is 2.58. The average Bonchev–Trinajstić information content (AvgIpc) is 2.65. The Morgan fingerprint density at radius 1 is 1.33 bits per heavy atom. The molecule has 0 aromatic heterocycles. The molecule has 2 atom stereocenters. The predicted molar refractivity (Wildman–Crippen MR) is 77.2 cm³/mol. The monoisotopic (exact) mass is 246 g/mol. The lowest BCUT2D eigenvalue weighted by Crippen LogP contribution is -2.21. The minimum Gasteiger partial charge on any atom is -0.381 e. The molecule has 0 bridgehead atoms. The third kappa shape index (κ3) is 3.60. The molecule has 18 heavy (non-hydrogen) atoms. The molecule has 0 spiro atoms. The summed E-state index contributed by atoms with van der Waals surface area (Å²) in [7, 11) is 2.16. The van der Waals surface area contributed by atoms with Crippen LogP contribution in [0.25, 0.3) is 0 Å². The van der Waals surface area contributed by atoms with E-state index in [0.717, 1.165) is 38.9 Å². The van der Waals surface area contributed by atoms with E-state index in [9.17, 15) is 0 Å². The lowest BCUT2D eigenvalue weighted by Gasteiger charge is -2.24. The summed E-state index contributed by atoms with van der Waals surface area (Å²) in [6.45, 7) is 3.93. The van der Waals surface area contributed by atoms with Crippen LogP contribution < -0.4 is 5.46 Å². The van der Waals surface area contributed by atoms with E-state index in [0.29, 0.717) is 6.10 Å². The Kier molecular flexibility index (Phi) is 5.27. The Labute approximate surface area is 111 Å². The van der Waals surface area contributed by atoms with Gasteiger partial charge < -0.3 is 9.47 Å². The van der Waals surface area contributed by atoms with Gasteiger partial charge in [-0.15, -0.1) is 0 Å². The van der Waals surface area contributed by atoms with Crippen molar-refractivity contribution in [2.45, 2.75) is 44.8 Å². The predicted octanol–water partition coefficient (Wildman–Crippen LogP) is 1.98. The molecular weight excluding hydrogens is 223 g/mol. The van der Waals surface area contributed by atoms with Gasteiger partial charge in [0.2, 0.25) is 0 Å². The van der Waals surface area contributed by atoms with Crippen LogP contribution in [0.15, 0.2) is 24.3 Å². The van der Waals surface area contributed by atoms with Crippen LogP contribution in [-0.2, 0) is 9.47 Å². The molecule has 2 nitrogen and oxygen atoms in total. The molecule has 2 rings (SSSR count). The number of benzene rings is 1. The second-order valence-corrected chi connectivity index (χ2v) is 5.05. The first kappa shape index (κ1) is 13.6. The van der Waals surface area contributed by atoms with Gasteiger partial charge in [0.25, 0.3) is 0 Å². The van der Waals surface area contributed by atoms with E-state index in [1.807, 2.05) is 0 Å². The van der Waals surface area contributed by atoms with Crippen molar-refractivity contribution in [3.8, 4) is 0 Å². The van der Waals surface area contributed by atoms with Gasteiger partial charge in [-0.05, 0) is 31.2 Å². The van der Waals surface area contributed by atoms with Gasteiger partial charge in [0.1, 0.15) is 7.85 Å².